The van der Waals surface area contributed by atoms with Crippen LogP contribution in [0.5, 0.6) is 0 Å². The highest BCUT2D eigenvalue weighted by Gasteiger charge is 2.24. The maximum absolute atomic E-state index is 11.8. The summed E-state index contributed by atoms with van der Waals surface area (Å²) < 4.78 is 5.53. The van der Waals surface area contributed by atoms with Crippen LogP contribution < -0.4 is 0 Å². The standard InChI is InChI=1S/C11H9NO5S/c1-2-17-10(14)8(13)7-5-12(11(15)16)9-6(7)3-4-18-9/h3-5H,2H2,1H3,(H,15,16). The Bertz CT molecular complexity index is 639. The maximum atomic E-state index is 11.8. The number of hydrogen-bond acceptors (Lipinski definition) is 5. The molecule has 0 unspecified atom stereocenters. The quantitative estimate of drug-likeness (QED) is 0.522. The average Bonchev–Trinajstić information content (AvgIpc) is 2.88. The van der Waals surface area contributed by atoms with Crippen molar-refractivity contribution >= 4 is 39.4 Å². The summed E-state index contributed by atoms with van der Waals surface area (Å²) in [6.07, 6.45) is -0.0618. The first kappa shape index (κ1) is 12.3. The molecule has 7 heteroatoms. The van der Waals surface area contributed by atoms with Crippen molar-refractivity contribution in [2.45, 2.75) is 6.92 Å². The number of rotatable bonds is 3. The molecule has 0 radical (unpaired) electrons. The van der Waals surface area contributed by atoms with Gasteiger partial charge in [0.15, 0.2) is 0 Å². The number of carbonyl (C=O) groups excluding carboxylic acids is 2. The summed E-state index contributed by atoms with van der Waals surface area (Å²) >= 11 is 1.18. The largest absolute Gasteiger partial charge is 0.464 e. The molecule has 0 saturated heterocycles. The van der Waals surface area contributed by atoms with Crippen LogP contribution in [-0.2, 0) is 9.53 Å². The second-order valence-corrected chi connectivity index (χ2v) is 4.28. The van der Waals surface area contributed by atoms with Crippen LogP contribution in [-0.4, -0.2) is 34.1 Å². The average molecular weight is 267 g/mol. The van der Waals surface area contributed by atoms with Crippen molar-refractivity contribution in [3.05, 3.63) is 23.2 Å². The van der Waals surface area contributed by atoms with E-state index in [1.807, 2.05) is 0 Å². The lowest BCUT2D eigenvalue weighted by Gasteiger charge is -1.98. The van der Waals surface area contributed by atoms with Gasteiger partial charge in [0.05, 0.1) is 12.2 Å². The third-order valence-electron chi connectivity index (χ3n) is 2.32. The van der Waals surface area contributed by atoms with Crippen molar-refractivity contribution in [3.63, 3.8) is 0 Å². The number of thiophene rings is 1. The Morgan fingerprint density at radius 1 is 1.44 bits per heavy atom. The first-order valence-electron chi connectivity index (χ1n) is 5.09. The van der Waals surface area contributed by atoms with E-state index in [4.69, 9.17) is 5.11 Å². The Morgan fingerprint density at radius 3 is 2.78 bits per heavy atom. The molecular formula is C11H9NO5S. The maximum Gasteiger partial charge on any atom is 0.416 e. The number of nitrogens with zero attached hydrogens (tertiary/aromatic N) is 1. The van der Waals surface area contributed by atoms with Gasteiger partial charge in [-0.15, -0.1) is 11.3 Å². The molecule has 0 bridgehead atoms. The molecule has 0 spiro atoms. The zero-order chi connectivity index (χ0) is 13.3. The molecule has 0 aliphatic carbocycles. The highest BCUT2D eigenvalue weighted by molar-refractivity contribution is 7.17. The van der Waals surface area contributed by atoms with E-state index < -0.39 is 17.8 Å². The molecule has 0 aliphatic rings. The molecule has 6 nitrogen and oxygen atoms in total. The number of fused-ring (bicyclic) bond motifs is 1. The van der Waals surface area contributed by atoms with Crippen LogP contribution in [0.25, 0.3) is 10.2 Å². The van der Waals surface area contributed by atoms with Crippen molar-refractivity contribution in [1.29, 1.82) is 0 Å². The third kappa shape index (κ3) is 1.88. The number of aromatic nitrogens is 1. The lowest BCUT2D eigenvalue weighted by atomic mass is 10.1. The van der Waals surface area contributed by atoms with Crippen LogP contribution in [0.3, 0.4) is 0 Å². The highest BCUT2D eigenvalue weighted by Crippen LogP contribution is 2.27. The van der Waals surface area contributed by atoms with Crippen LogP contribution in [0.1, 0.15) is 17.3 Å². The summed E-state index contributed by atoms with van der Waals surface area (Å²) in [5, 5.41) is 11.1. The van der Waals surface area contributed by atoms with Crippen LogP contribution >= 0.6 is 11.3 Å². The van der Waals surface area contributed by atoms with E-state index in [2.05, 4.69) is 4.74 Å². The smallest absolute Gasteiger partial charge is 0.416 e. The second kappa shape index (κ2) is 4.61. The Labute approximate surface area is 105 Å². The van der Waals surface area contributed by atoms with Gasteiger partial charge in [-0.25, -0.2) is 14.2 Å². The number of carboxylic acid groups (broad SMARTS) is 1. The molecule has 0 aliphatic heterocycles. The van der Waals surface area contributed by atoms with Gasteiger partial charge < -0.3 is 9.84 Å². The molecule has 2 heterocycles. The van der Waals surface area contributed by atoms with Crippen LogP contribution in [0, 0.1) is 0 Å². The second-order valence-electron chi connectivity index (χ2n) is 3.38. The fourth-order valence-corrected chi connectivity index (χ4v) is 2.46. The summed E-state index contributed by atoms with van der Waals surface area (Å²) in [4.78, 5) is 34.6. The highest BCUT2D eigenvalue weighted by atomic mass is 32.1. The van der Waals surface area contributed by atoms with Gasteiger partial charge in [-0.05, 0) is 18.4 Å². The normalized spacial score (nSPS) is 10.5. The predicted molar refractivity (Wildman–Crippen MR) is 64.2 cm³/mol. The van der Waals surface area contributed by atoms with Crippen LogP contribution in [0.15, 0.2) is 17.6 Å². The number of hydrogen-bond donors (Lipinski definition) is 1. The molecule has 94 valence electrons. The Kier molecular flexibility index (Phi) is 3.15. The van der Waals surface area contributed by atoms with Crippen LogP contribution in [0.2, 0.25) is 0 Å². The Morgan fingerprint density at radius 2 is 2.17 bits per heavy atom. The van der Waals surface area contributed by atoms with Gasteiger partial charge in [0.2, 0.25) is 0 Å². The molecule has 0 fully saturated rings. The molecule has 0 aromatic carbocycles. The number of carbonyl (C=O) groups is 3. The van der Waals surface area contributed by atoms with Gasteiger partial charge in [-0.3, -0.25) is 4.79 Å². The van der Waals surface area contributed by atoms with Crippen molar-refractivity contribution in [3.8, 4) is 0 Å². The van der Waals surface area contributed by atoms with Crippen molar-refractivity contribution in [2.75, 3.05) is 6.61 Å². The van der Waals surface area contributed by atoms with Crippen LogP contribution in [0.4, 0.5) is 4.79 Å². The molecule has 1 N–H and O–H groups in total. The van der Waals surface area contributed by atoms with E-state index in [0.717, 1.165) is 10.8 Å². The van der Waals surface area contributed by atoms with Gasteiger partial charge in [0.1, 0.15) is 4.83 Å². The molecule has 2 rings (SSSR count). The van der Waals surface area contributed by atoms with Gasteiger partial charge in [-0.1, -0.05) is 0 Å². The Balaban J connectivity index is 2.51. The van der Waals surface area contributed by atoms with Crippen molar-refractivity contribution < 1.29 is 24.2 Å². The fourth-order valence-electron chi connectivity index (χ4n) is 1.58. The summed E-state index contributed by atoms with van der Waals surface area (Å²) in [5.41, 5.74) is 0.0482. The zero-order valence-electron chi connectivity index (χ0n) is 9.37. The van der Waals surface area contributed by atoms with Gasteiger partial charge in [0, 0.05) is 11.6 Å². The molecule has 0 saturated carbocycles. The SMILES string of the molecule is CCOC(=O)C(=O)c1cn(C(=O)O)c2sccc12. The van der Waals surface area contributed by atoms with Gasteiger partial charge >= 0.3 is 12.1 Å². The first-order chi connectivity index (χ1) is 8.56. The van der Waals surface area contributed by atoms with Gasteiger partial charge in [-0.2, -0.15) is 0 Å². The number of ether oxygens (including phenoxy) is 1. The summed E-state index contributed by atoms with van der Waals surface area (Å²) in [5.74, 6) is -1.81. The molecule has 18 heavy (non-hydrogen) atoms. The molecular weight excluding hydrogens is 258 g/mol. The first-order valence-corrected chi connectivity index (χ1v) is 5.97. The predicted octanol–water partition coefficient (Wildman–Crippen LogP) is 1.97. The number of Topliss-reactive ketones (excluding diaryl/α,β-unsaturated/α-hetero) is 1. The zero-order valence-corrected chi connectivity index (χ0v) is 10.2. The lowest BCUT2D eigenvalue weighted by Crippen LogP contribution is -2.17. The minimum Gasteiger partial charge on any atom is -0.464 e. The van der Waals surface area contributed by atoms with E-state index >= 15 is 0 Å². The van der Waals surface area contributed by atoms with E-state index in [9.17, 15) is 14.4 Å². The summed E-state index contributed by atoms with van der Waals surface area (Å²) in [7, 11) is 0. The molecule has 2 aromatic rings. The number of esters is 1. The molecule has 2 aromatic heterocycles. The monoisotopic (exact) mass is 267 g/mol. The summed E-state index contributed by atoms with van der Waals surface area (Å²) in [6.45, 7) is 1.69. The minimum absolute atomic E-state index is 0.0482. The van der Waals surface area contributed by atoms with E-state index in [1.54, 1.807) is 18.4 Å². The molecule has 0 atom stereocenters. The third-order valence-corrected chi connectivity index (χ3v) is 3.24. The topological polar surface area (TPSA) is 85.6 Å². The van der Waals surface area contributed by atoms with E-state index in [-0.39, 0.29) is 12.2 Å². The number of ketones is 1. The lowest BCUT2D eigenvalue weighted by molar-refractivity contribution is -0.137. The summed E-state index contributed by atoms with van der Waals surface area (Å²) in [6, 6.07) is 1.60. The van der Waals surface area contributed by atoms with Crippen molar-refractivity contribution in [2.24, 2.45) is 0 Å². The molecule has 0 amide bonds. The van der Waals surface area contributed by atoms with Crippen molar-refractivity contribution in [1.82, 2.24) is 4.57 Å². The van der Waals surface area contributed by atoms with E-state index in [0.29, 0.717) is 10.2 Å². The minimum atomic E-state index is -1.20. The fraction of sp³-hybridized carbons (Fsp3) is 0.182. The van der Waals surface area contributed by atoms with E-state index in [1.165, 1.54) is 11.3 Å². The van der Waals surface area contributed by atoms with Gasteiger partial charge in [0.25, 0.3) is 5.78 Å². The Hall–Kier alpha value is -2.15.